The molecule has 0 bridgehead atoms. The van der Waals surface area contributed by atoms with E-state index in [9.17, 15) is 9.18 Å². The fourth-order valence-electron chi connectivity index (χ4n) is 2.09. The molecule has 5 heteroatoms. The van der Waals surface area contributed by atoms with E-state index in [0.29, 0.717) is 23.3 Å². The topological polar surface area (TPSA) is 61.6 Å². The van der Waals surface area contributed by atoms with E-state index in [1.54, 1.807) is 18.2 Å². The maximum atomic E-state index is 14.5. The Morgan fingerprint density at radius 3 is 2.80 bits per heavy atom. The minimum atomic E-state index is -0.871. The Kier molecular flexibility index (Phi) is 4.40. The molecule has 4 nitrogen and oxygen atoms in total. The minimum absolute atomic E-state index is 0.0185. The van der Waals surface area contributed by atoms with Gasteiger partial charge in [0.2, 0.25) is 0 Å². The van der Waals surface area contributed by atoms with Crippen molar-refractivity contribution in [1.29, 1.82) is 0 Å². The molecule has 2 aromatic rings. The molecule has 0 aliphatic carbocycles. The number of amides is 1. The lowest BCUT2D eigenvalue weighted by Gasteiger charge is -2.13. The van der Waals surface area contributed by atoms with Gasteiger partial charge in [0, 0.05) is 17.4 Å². The Balaban J connectivity index is 2.40. The third-order valence-electron chi connectivity index (χ3n) is 2.94. The van der Waals surface area contributed by atoms with Gasteiger partial charge in [0.15, 0.2) is 0 Å². The van der Waals surface area contributed by atoms with Crippen molar-refractivity contribution in [1.82, 2.24) is 0 Å². The van der Waals surface area contributed by atoms with Crippen LogP contribution in [0.1, 0.15) is 12.5 Å². The van der Waals surface area contributed by atoms with E-state index in [0.717, 1.165) is 5.39 Å². The predicted octanol–water partition coefficient (Wildman–Crippen LogP) is 3.02. The summed E-state index contributed by atoms with van der Waals surface area (Å²) < 4.78 is 24.7. The molecule has 106 valence electrons. The second-order valence-corrected chi connectivity index (χ2v) is 4.24. The molecule has 0 fully saturated rings. The monoisotopic (exact) mass is 277 g/mol. The number of rotatable bonds is 5. The Hall–Kier alpha value is -2.30. The summed E-state index contributed by atoms with van der Waals surface area (Å²) in [5, 5.41) is 1.29. The fourth-order valence-corrected chi connectivity index (χ4v) is 2.09. The van der Waals surface area contributed by atoms with Crippen molar-refractivity contribution >= 4 is 16.9 Å². The highest BCUT2D eigenvalue weighted by Crippen LogP contribution is 2.30. The number of benzene rings is 2. The molecule has 2 N–H and O–H groups in total. The first-order chi connectivity index (χ1) is 9.63. The molecule has 0 saturated carbocycles. The number of primary amides is 1. The summed E-state index contributed by atoms with van der Waals surface area (Å²) in [7, 11) is 0. The van der Waals surface area contributed by atoms with E-state index in [-0.39, 0.29) is 18.8 Å². The summed E-state index contributed by atoms with van der Waals surface area (Å²) in [6.07, 6.45) is -0.654. The van der Waals surface area contributed by atoms with Crippen molar-refractivity contribution in [3.63, 3.8) is 0 Å². The third-order valence-corrected chi connectivity index (χ3v) is 2.94. The van der Waals surface area contributed by atoms with Crippen molar-refractivity contribution in [2.24, 2.45) is 5.73 Å². The van der Waals surface area contributed by atoms with Gasteiger partial charge in [-0.2, -0.15) is 0 Å². The van der Waals surface area contributed by atoms with Crippen LogP contribution in [0.15, 0.2) is 30.3 Å². The van der Waals surface area contributed by atoms with Crippen molar-refractivity contribution in [3.8, 4) is 5.75 Å². The molecule has 2 rings (SSSR count). The van der Waals surface area contributed by atoms with Crippen LogP contribution in [0.5, 0.6) is 5.75 Å². The van der Waals surface area contributed by atoms with E-state index >= 15 is 0 Å². The second kappa shape index (κ2) is 6.23. The van der Waals surface area contributed by atoms with Gasteiger partial charge in [0.05, 0.1) is 13.2 Å². The zero-order valence-corrected chi connectivity index (χ0v) is 11.2. The van der Waals surface area contributed by atoms with Crippen LogP contribution in [0, 0.1) is 5.82 Å². The molecule has 0 atom stereocenters. The average Bonchev–Trinajstić information content (AvgIpc) is 2.42. The van der Waals surface area contributed by atoms with Gasteiger partial charge in [0.1, 0.15) is 11.6 Å². The molecule has 0 radical (unpaired) electrons. The van der Waals surface area contributed by atoms with Crippen LogP contribution in [0.4, 0.5) is 9.18 Å². The maximum absolute atomic E-state index is 14.5. The van der Waals surface area contributed by atoms with Crippen molar-refractivity contribution in [2.45, 2.75) is 13.3 Å². The van der Waals surface area contributed by atoms with Gasteiger partial charge < -0.3 is 15.2 Å². The summed E-state index contributed by atoms with van der Waals surface area (Å²) in [4.78, 5) is 10.6. The SMILES string of the molecule is CCOc1cc2ccccc2c(F)c1CCOC(N)=O. The molecule has 20 heavy (non-hydrogen) atoms. The van der Waals surface area contributed by atoms with Gasteiger partial charge in [-0.05, 0) is 18.4 Å². The Bertz CT molecular complexity index is 628. The van der Waals surface area contributed by atoms with E-state index in [1.807, 2.05) is 19.1 Å². The first-order valence-corrected chi connectivity index (χ1v) is 6.38. The largest absolute Gasteiger partial charge is 0.493 e. The summed E-state index contributed by atoms with van der Waals surface area (Å²) in [5.74, 6) is 0.122. The number of carbonyl (C=O) groups excluding carboxylic acids is 1. The normalized spacial score (nSPS) is 10.5. The minimum Gasteiger partial charge on any atom is -0.493 e. The highest BCUT2D eigenvalue weighted by molar-refractivity contribution is 5.85. The average molecular weight is 277 g/mol. The lowest BCUT2D eigenvalue weighted by atomic mass is 10.0. The van der Waals surface area contributed by atoms with E-state index in [1.165, 1.54) is 0 Å². The van der Waals surface area contributed by atoms with E-state index in [4.69, 9.17) is 10.5 Å². The first kappa shape index (κ1) is 14.1. The highest BCUT2D eigenvalue weighted by Gasteiger charge is 2.14. The van der Waals surface area contributed by atoms with Crippen molar-refractivity contribution in [3.05, 3.63) is 41.7 Å². The number of fused-ring (bicyclic) bond motifs is 1. The molecule has 0 spiro atoms. The summed E-state index contributed by atoms with van der Waals surface area (Å²) in [5.41, 5.74) is 5.29. The highest BCUT2D eigenvalue weighted by atomic mass is 19.1. The Labute approximate surface area is 116 Å². The fraction of sp³-hybridized carbons (Fsp3) is 0.267. The Morgan fingerprint density at radius 2 is 2.10 bits per heavy atom. The van der Waals surface area contributed by atoms with E-state index < -0.39 is 6.09 Å². The molecule has 0 aromatic heterocycles. The number of ether oxygens (including phenoxy) is 2. The maximum Gasteiger partial charge on any atom is 0.404 e. The molecule has 1 amide bonds. The third kappa shape index (κ3) is 2.99. The molecular weight excluding hydrogens is 261 g/mol. The van der Waals surface area contributed by atoms with E-state index in [2.05, 4.69) is 4.74 Å². The van der Waals surface area contributed by atoms with Crippen LogP contribution in [-0.4, -0.2) is 19.3 Å². The van der Waals surface area contributed by atoms with Crippen LogP contribution in [0.2, 0.25) is 0 Å². The van der Waals surface area contributed by atoms with Crippen molar-refractivity contribution < 1.29 is 18.7 Å². The van der Waals surface area contributed by atoms with Crippen LogP contribution in [0.25, 0.3) is 10.8 Å². The standard InChI is InChI=1S/C15H16FNO3/c1-2-19-13-9-10-5-3-4-6-11(10)14(16)12(13)7-8-20-15(17)18/h3-6,9H,2,7-8H2,1H3,(H2,17,18). The zero-order chi connectivity index (χ0) is 14.5. The predicted molar refractivity (Wildman–Crippen MR) is 74.3 cm³/mol. The lowest BCUT2D eigenvalue weighted by molar-refractivity contribution is 0.157. The molecule has 2 aromatic carbocycles. The summed E-state index contributed by atoms with van der Waals surface area (Å²) in [6, 6.07) is 8.94. The van der Waals surface area contributed by atoms with Gasteiger partial charge >= 0.3 is 6.09 Å². The number of hydrogen-bond donors (Lipinski definition) is 1. The van der Waals surface area contributed by atoms with Gasteiger partial charge in [-0.15, -0.1) is 0 Å². The van der Waals surface area contributed by atoms with Gasteiger partial charge in [-0.3, -0.25) is 0 Å². The quantitative estimate of drug-likeness (QED) is 0.913. The number of halogens is 1. The second-order valence-electron chi connectivity index (χ2n) is 4.24. The van der Waals surface area contributed by atoms with Gasteiger partial charge in [0.25, 0.3) is 0 Å². The van der Waals surface area contributed by atoms with Crippen LogP contribution >= 0.6 is 0 Å². The molecule has 0 unspecified atom stereocenters. The van der Waals surface area contributed by atoms with Crippen molar-refractivity contribution in [2.75, 3.05) is 13.2 Å². The number of carbonyl (C=O) groups is 1. The van der Waals surface area contributed by atoms with Gasteiger partial charge in [-0.25, -0.2) is 9.18 Å². The molecular formula is C15H16FNO3. The first-order valence-electron chi connectivity index (χ1n) is 6.38. The van der Waals surface area contributed by atoms with Gasteiger partial charge in [-0.1, -0.05) is 24.3 Å². The molecule has 0 aliphatic rings. The molecule has 0 heterocycles. The number of nitrogens with two attached hydrogens (primary N) is 1. The Morgan fingerprint density at radius 1 is 1.35 bits per heavy atom. The summed E-state index contributed by atoms with van der Waals surface area (Å²) >= 11 is 0. The zero-order valence-electron chi connectivity index (χ0n) is 11.2. The van der Waals surface area contributed by atoms with Crippen LogP contribution < -0.4 is 10.5 Å². The molecule has 0 aliphatic heterocycles. The molecule has 0 saturated heterocycles. The van der Waals surface area contributed by atoms with Crippen LogP contribution in [0.3, 0.4) is 0 Å². The lowest BCUT2D eigenvalue weighted by Crippen LogP contribution is -2.15. The van der Waals surface area contributed by atoms with Crippen LogP contribution in [-0.2, 0) is 11.2 Å². The summed E-state index contributed by atoms with van der Waals surface area (Å²) in [6.45, 7) is 2.28. The number of hydrogen-bond acceptors (Lipinski definition) is 3. The smallest absolute Gasteiger partial charge is 0.404 e.